The van der Waals surface area contributed by atoms with Gasteiger partial charge in [0.1, 0.15) is 5.75 Å². The van der Waals surface area contributed by atoms with Gasteiger partial charge in [-0.1, -0.05) is 6.07 Å². The van der Waals surface area contributed by atoms with Gasteiger partial charge in [-0.05, 0) is 36.4 Å². The molecule has 0 fully saturated rings. The lowest BCUT2D eigenvalue weighted by molar-refractivity contribution is -0.118. The van der Waals surface area contributed by atoms with Crippen LogP contribution in [-0.2, 0) is 11.3 Å². The van der Waals surface area contributed by atoms with Crippen molar-refractivity contribution in [1.29, 1.82) is 0 Å². The number of hydrogen-bond acceptors (Lipinski definition) is 4. The minimum absolute atomic E-state index is 0.0994. The molecule has 1 heterocycles. The van der Waals surface area contributed by atoms with Crippen molar-refractivity contribution in [2.24, 2.45) is 0 Å². The molecule has 1 amide bonds. The van der Waals surface area contributed by atoms with E-state index in [-0.39, 0.29) is 12.5 Å². The summed E-state index contributed by atoms with van der Waals surface area (Å²) in [6.07, 6.45) is 1.05. The van der Waals surface area contributed by atoms with Crippen LogP contribution in [0.3, 0.4) is 0 Å². The van der Waals surface area contributed by atoms with Crippen LogP contribution in [0.25, 0.3) is 0 Å². The molecule has 0 saturated carbocycles. The number of hydrogen-bond donors (Lipinski definition) is 3. The molecule has 1 aliphatic heterocycles. The lowest BCUT2D eigenvalue weighted by Gasteiger charge is -2.18. The minimum atomic E-state index is -0.0994. The first-order valence-corrected chi connectivity index (χ1v) is 6.30. The summed E-state index contributed by atoms with van der Waals surface area (Å²) in [6.45, 7) is 1.84. The minimum Gasteiger partial charge on any atom is -0.482 e. The molecule has 4 nitrogen and oxygen atoms in total. The molecule has 2 N–H and O–H groups in total. The number of carbonyl (C=O) groups excluding carboxylic acids is 1. The Bertz CT molecular complexity index is 409. The lowest BCUT2D eigenvalue weighted by Crippen LogP contribution is -2.25. The molecule has 0 radical (unpaired) electrons. The number of thiol groups is 1. The van der Waals surface area contributed by atoms with Gasteiger partial charge in [-0.25, -0.2) is 0 Å². The highest BCUT2D eigenvalue weighted by Crippen LogP contribution is 2.28. The zero-order chi connectivity index (χ0) is 12.1. The molecule has 0 aliphatic carbocycles. The number of benzene rings is 1. The average Bonchev–Trinajstić information content (AvgIpc) is 2.34. The Labute approximate surface area is 106 Å². The van der Waals surface area contributed by atoms with Crippen LogP contribution in [-0.4, -0.2) is 24.8 Å². The molecule has 2 rings (SSSR count). The maximum Gasteiger partial charge on any atom is 0.262 e. The van der Waals surface area contributed by atoms with Gasteiger partial charge < -0.3 is 15.4 Å². The van der Waals surface area contributed by atoms with E-state index in [1.807, 2.05) is 18.2 Å². The SMILES string of the molecule is O=C1COc2ccc(CNCCCS)cc2N1. The van der Waals surface area contributed by atoms with E-state index in [2.05, 4.69) is 23.3 Å². The van der Waals surface area contributed by atoms with E-state index in [4.69, 9.17) is 4.74 Å². The van der Waals surface area contributed by atoms with Crippen molar-refractivity contribution in [3.8, 4) is 5.75 Å². The van der Waals surface area contributed by atoms with E-state index in [1.165, 1.54) is 0 Å². The first kappa shape index (κ1) is 12.3. The molecule has 1 aromatic rings. The average molecular weight is 252 g/mol. The zero-order valence-electron chi connectivity index (χ0n) is 9.53. The third-order valence-corrected chi connectivity index (χ3v) is 2.83. The number of ether oxygens (including phenoxy) is 1. The largest absolute Gasteiger partial charge is 0.482 e. The zero-order valence-corrected chi connectivity index (χ0v) is 10.4. The smallest absolute Gasteiger partial charge is 0.262 e. The van der Waals surface area contributed by atoms with Crippen LogP contribution in [0.1, 0.15) is 12.0 Å². The number of nitrogens with one attached hydrogen (secondary N) is 2. The fourth-order valence-corrected chi connectivity index (χ4v) is 1.84. The molecule has 0 atom stereocenters. The Morgan fingerprint density at radius 2 is 2.35 bits per heavy atom. The molecular weight excluding hydrogens is 236 g/mol. The summed E-state index contributed by atoms with van der Waals surface area (Å²) in [5, 5.41) is 6.12. The number of carbonyl (C=O) groups is 1. The number of rotatable bonds is 5. The van der Waals surface area contributed by atoms with E-state index in [1.54, 1.807) is 0 Å². The van der Waals surface area contributed by atoms with Crippen molar-refractivity contribution in [2.75, 3.05) is 24.2 Å². The Hall–Kier alpha value is -1.20. The molecule has 0 bridgehead atoms. The standard InChI is InChI=1S/C12H16N2O2S/c15-12-8-16-11-3-2-9(6-10(11)14-12)7-13-4-1-5-17/h2-3,6,13,17H,1,4-5,7-8H2,(H,14,15). The number of anilines is 1. The predicted molar refractivity (Wildman–Crippen MR) is 70.7 cm³/mol. The highest BCUT2D eigenvalue weighted by Gasteiger charge is 2.15. The van der Waals surface area contributed by atoms with Crippen molar-refractivity contribution in [1.82, 2.24) is 5.32 Å². The molecule has 0 unspecified atom stereocenters. The van der Waals surface area contributed by atoms with Crippen molar-refractivity contribution < 1.29 is 9.53 Å². The van der Waals surface area contributed by atoms with E-state index in [0.717, 1.165) is 42.3 Å². The lowest BCUT2D eigenvalue weighted by atomic mass is 10.1. The maximum atomic E-state index is 11.2. The molecule has 0 spiro atoms. The Morgan fingerprint density at radius 3 is 3.18 bits per heavy atom. The van der Waals surface area contributed by atoms with Crippen LogP contribution in [0.15, 0.2) is 18.2 Å². The topological polar surface area (TPSA) is 50.4 Å². The van der Waals surface area contributed by atoms with Gasteiger partial charge in [0.25, 0.3) is 5.91 Å². The van der Waals surface area contributed by atoms with Crippen LogP contribution in [0.2, 0.25) is 0 Å². The summed E-state index contributed by atoms with van der Waals surface area (Å²) in [7, 11) is 0. The Morgan fingerprint density at radius 1 is 1.47 bits per heavy atom. The normalized spacial score (nSPS) is 13.8. The fraction of sp³-hybridized carbons (Fsp3) is 0.417. The summed E-state index contributed by atoms with van der Waals surface area (Å²) in [5.41, 5.74) is 1.89. The molecule has 92 valence electrons. The number of fused-ring (bicyclic) bond motifs is 1. The summed E-state index contributed by atoms with van der Waals surface area (Å²) >= 11 is 4.15. The van der Waals surface area contributed by atoms with E-state index < -0.39 is 0 Å². The molecule has 17 heavy (non-hydrogen) atoms. The third-order valence-electron chi connectivity index (χ3n) is 2.52. The van der Waals surface area contributed by atoms with Crippen molar-refractivity contribution in [3.05, 3.63) is 23.8 Å². The monoisotopic (exact) mass is 252 g/mol. The van der Waals surface area contributed by atoms with Crippen LogP contribution in [0.4, 0.5) is 5.69 Å². The molecule has 0 aromatic heterocycles. The molecular formula is C12H16N2O2S. The predicted octanol–water partition coefficient (Wildman–Crippen LogP) is 1.43. The third kappa shape index (κ3) is 3.38. The van der Waals surface area contributed by atoms with Crippen LogP contribution in [0, 0.1) is 0 Å². The van der Waals surface area contributed by atoms with Gasteiger partial charge in [0.2, 0.25) is 0 Å². The van der Waals surface area contributed by atoms with Gasteiger partial charge in [0.05, 0.1) is 5.69 Å². The Kier molecular flexibility index (Phi) is 4.28. The molecule has 1 aromatic carbocycles. The summed E-state index contributed by atoms with van der Waals surface area (Å²) in [4.78, 5) is 11.2. The first-order chi connectivity index (χ1) is 8.29. The fourth-order valence-electron chi connectivity index (χ4n) is 1.68. The van der Waals surface area contributed by atoms with Crippen LogP contribution >= 0.6 is 12.6 Å². The van der Waals surface area contributed by atoms with Gasteiger partial charge in [-0.2, -0.15) is 12.6 Å². The molecule has 5 heteroatoms. The summed E-state index contributed by atoms with van der Waals surface area (Å²) in [5.74, 6) is 1.53. The van der Waals surface area contributed by atoms with Gasteiger partial charge in [-0.3, -0.25) is 4.79 Å². The van der Waals surface area contributed by atoms with Crippen LogP contribution < -0.4 is 15.4 Å². The summed E-state index contributed by atoms with van der Waals surface area (Å²) < 4.78 is 5.29. The van der Waals surface area contributed by atoms with Crippen molar-refractivity contribution >= 4 is 24.2 Å². The highest BCUT2D eigenvalue weighted by molar-refractivity contribution is 7.80. The van der Waals surface area contributed by atoms with Crippen molar-refractivity contribution in [3.63, 3.8) is 0 Å². The van der Waals surface area contributed by atoms with Crippen molar-refractivity contribution in [2.45, 2.75) is 13.0 Å². The molecule has 1 aliphatic rings. The second kappa shape index (κ2) is 5.93. The van der Waals surface area contributed by atoms with Gasteiger partial charge in [-0.15, -0.1) is 0 Å². The second-order valence-electron chi connectivity index (χ2n) is 3.92. The van der Waals surface area contributed by atoms with Gasteiger partial charge in [0, 0.05) is 6.54 Å². The van der Waals surface area contributed by atoms with Gasteiger partial charge in [0.15, 0.2) is 6.61 Å². The Balaban J connectivity index is 1.95. The molecule has 0 saturated heterocycles. The highest BCUT2D eigenvalue weighted by atomic mass is 32.1. The summed E-state index contributed by atoms with van der Waals surface area (Å²) in [6, 6.07) is 5.84. The number of amides is 1. The second-order valence-corrected chi connectivity index (χ2v) is 4.37. The van der Waals surface area contributed by atoms with E-state index in [0.29, 0.717) is 0 Å². The van der Waals surface area contributed by atoms with Gasteiger partial charge >= 0.3 is 0 Å². The van der Waals surface area contributed by atoms with E-state index >= 15 is 0 Å². The van der Waals surface area contributed by atoms with Crippen LogP contribution in [0.5, 0.6) is 5.75 Å². The first-order valence-electron chi connectivity index (χ1n) is 5.67. The quantitative estimate of drug-likeness (QED) is 0.549. The van der Waals surface area contributed by atoms with E-state index in [9.17, 15) is 4.79 Å². The maximum absolute atomic E-state index is 11.2.